The van der Waals surface area contributed by atoms with Crippen LogP contribution in [-0.2, 0) is 14.6 Å². The van der Waals surface area contributed by atoms with E-state index in [0.29, 0.717) is 6.42 Å². The number of rotatable bonds is 12. The maximum absolute atomic E-state index is 10.2. The van der Waals surface area contributed by atoms with Crippen LogP contribution in [0.25, 0.3) is 0 Å². The predicted molar refractivity (Wildman–Crippen MR) is 69.3 cm³/mol. The van der Waals surface area contributed by atoms with Gasteiger partial charge in [-0.1, -0.05) is 64.7 Å². The molecule has 0 spiro atoms. The van der Waals surface area contributed by atoms with Gasteiger partial charge in [0.2, 0.25) is 0 Å². The van der Waals surface area contributed by atoms with E-state index in [1.807, 2.05) is 0 Å². The van der Waals surface area contributed by atoms with Crippen molar-refractivity contribution in [1.82, 2.24) is 0 Å². The van der Waals surface area contributed by atoms with Gasteiger partial charge in [-0.15, -0.1) is 0 Å². The van der Waals surface area contributed by atoms with Gasteiger partial charge in [0, 0.05) is 0 Å². The smallest absolute Gasteiger partial charge is 0.264 e. The van der Waals surface area contributed by atoms with Gasteiger partial charge in [-0.2, -0.15) is 8.42 Å². The van der Waals surface area contributed by atoms with Crippen molar-refractivity contribution in [2.24, 2.45) is 0 Å². The molecular formula is C12H26NaO4S+. The Bertz CT molecular complexity index is 255. The van der Waals surface area contributed by atoms with Crippen molar-refractivity contribution in [3.63, 3.8) is 0 Å². The summed E-state index contributed by atoms with van der Waals surface area (Å²) >= 11 is 0. The molecule has 0 aliphatic carbocycles. The third-order valence-electron chi connectivity index (χ3n) is 2.73. The van der Waals surface area contributed by atoms with Crippen molar-refractivity contribution in [3.05, 3.63) is 0 Å². The molecule has 0 fully saturated rings. The average molecular weight is 289 g/mol. The first-order chi connectivity index (χ1) is 8.06. The number of hydrogen-bond donors (Lipinski definition) is 1. The fraction of sp³-hybridized carbons (Fsp3) is 1.00. The largest absolute Gasteiger partial charge is 1.00 e. The fourth-order valence-electron chi connectivity index (χ4n) is 1.75. The zero-order valence-electron chi connectivity index (χ0n) is 11.9. The van der Waals surface area contributed by atoms with E-state index in [4.69, 9.17) is 4.55 Å². The van der Waals surface area contributed by atoms with Gasteiger partial charge >= 0.3 is 40.0 Å². The maximum atomic E-state index is 10.2. The van der Waals surface area contributed by atoms with Crippen LogP contribution in [0.15, 0.2) is 0 Å². The summed E-state index contributed by atoms with van der Waals surface area (Å²) < 4.78 is 33.0. The van der Waals surface area contributed by atoms with Crippen LogP contribution in [0.5, 0.6) is 0 Å². The van der Waals surface area contributed by atoms with Gasteiger partial charge in [0.25, 0.3) is 0 Å². The zero-order valence-corrected chi connectivity index (χ0v) is 14.7. The molecule has 0 unspecified atom stereocenters. The maximum Gasteiger partial charge on any atom is 1.00 e. The predicted octanol–water partition coefficient (Wildman–Crippen LogP) is 0.731. The normalized spacial score (nSPS) is 11.2. The molecule has 0 saturated heterocycles. The van der Waals surface area contributed by atoms with Crippen molar-refractivity contribution >= 4 is 10.4 Å². The zero-order chi connectivity index (χ0) is 13.0. The van der Waals surface area contributed by atoms with Crippen LogP contribution in [0.2, 0.25) is 0 Å². The molecule has 0 aliphatic heterocycles. The summed E-state index contributed by atoms with van der Waals surface area (Å²) in [6.07, 6.45) is 11.9. The molecule has 18 heavy (non-hydrogen) atoms. The van der Waals surface area contributed by atoms with E-state index in [-0.39, 0.29) is 36.2 Å². The molecule has 4 nitrogen and oxygen atoms in total. The Labute approximate surface area is 134 Å². The molecule has 0 rings (SSSR count). The van der Waals surface area contributed by atoms with Gasteiger partial charge in [-0.25, -0.2) is 4.18 Å². The molecule has 0 heterocycles. The Hall–Kier alpha value is 0.870. The van der Waals surface area contributed by atoms with Crippen molar-refractivity contribution in [1.29, 1.82) is 0 Å². The molecule has 0 radical (unpaired) electrons. The molecule has 0 aromatic rings. The van der Waals surface area contributed by atoms with Gasteiger partial charge in [-0.05, 0) is 6.42 Å². The molecule has 0 aromatic heterocycles. The second-order valence-electron chi connectivity index (χ2n) is 4.43. The summed E-state index contributed by atoms with van der Waals surface area (Å²) in [5.74, 6) is 0. The quantitative estimate of drug-likeness (QED) is 0.327. The fourth-order valence-corrected chi connectivity index (χ4v) is 2.08. The van der Waals surface area contributed by atoms with Crippen LogP contribution in [0.1, 0.15) is 71.1 Å². The van der Waals surface area contributed by atoms with E-state index in [2.05, 4.69) is 11.1 Å². The van der Waals surface area contributed by atoms with Gasteiger partial charge in [-0.3, -0.25) is 4.55 Å². The third kappa shape index (κ3) is 19.2. The summed E-state index contributed by atoms with van der Waals surface area (Å²) in [6, 6.07) is 0. The first-order valence-electron chi connectivity index (χ1n) is 6.68. The van der Waals surface area contributed by atoms with Crippen LogP contribution in [0.4, 0.5) is 0 Å². The van der Waals surface area contributed by atoms with E-state index in [0.717, 1.165) is 12.8 Å². The minimum absolute atomic E-state index is 0. The summed E-state index contributed by atoms with van der Waals surface area (Å²) in [6.45, 7) is 2.31. The minimum Gasteiger partial charge on any atom is -0.264 e. The Morgan fingerprint density at radius 2 is 1.22 bits per heavy atom. The molecule has 0 atom stereocenters. The monoisotopic (exact) mass is 289 g/mol. The second kappa shape index (κ2) is 14.3. The van der Waals surface area contributed by atoms with Gasteiger partial charge in [0.1, 0.15) is 0 Å². The minimum atomic E-state index is -4.23. The van der Waals surface area contributed by atoms with E-state index in [1.54, 1.807) is 0 Å². The first-order valence-corrected chi connectivity index (χ1v) is 8.04. The van der Waals surface area contributed by atoms with Crippen LogP contribution < -0.4 is 29.6 Å². The Balaban J connectivity index is 0. The molecule has 0 aromatic carbocycles. The van der Waals surface area contributed by atoms with Gasteiger partial charge in [0.15, 0.2) is 0 Å². The topological polar surface area (TPSA) is 63.6 Å². The second-order valence-corrected chi connectivity index (χ2v) is 5.52. The van der Waals surface area contributed by atoms with E-state index >= 15 is 0 Å². The molecule has 104 valence electrons. The molecule has 0 aliphatic rings. The summed E-state index contributed by atoms with van der Waals surface area (Å²) in [5, 5.41) is 0. The molecule has 0 saturated carbocycles. The molecule has 0 amide bonds. The summed E-state index contributed by atoms with van der Waals surface area (Å²) in [7, 11) is -4.23. The Morgan fingerprint density at radius 1 is 0.833 bits per heavy atom. The van der Waals surface area contributed by atoms with Crippen molar-refractivity contribution in [2.75, 3.05) is 6.61 Å². The SMILES string of the molecule is CCCCCCCCCCCCOS(=O)(=O)O.[Na+]. The van der Waals surface area contributed by atoms with Crippen LogP contribution >= 0.6 is 0 Å². The average Bonchev–Trinajstić information content (AvgIpc) is 2.24. The van der Waals surface area contributed by atoms with Crippen molar-refractivity contribution in [3.8, 4) is 0 Å². The van der Waals surface area contributed by atoms with E-state index in [1.165, 1.54) is 44.9 Å². The Kier molecular flexibility index (Phi) is 16.8. The van der Waals surface area contributed by atoms with Crippen LogP contribution in [-0.4, -0.2) is 19.6 Å². The number of unbranched alkanes of at least 4 members (excludes halogenated alkanes) is 9. The number of hydrogen-bond acceptors (Lipinski definition) is 3. The standard InChI is InChI=1S/C12H26O4S.Na/c1-2-3-4-5-6-7-8-9-10-11-12-16-17(13,14)15;/h2-12H2,1H3,(H,13,14,15);/q;+1. The molecule has 6 heteroatoms. The van der Waals surface area contributed by atoms with E-state index < -0.39 is 10.4 Å². The third-order valence-corrected chi connectivity index (χ3v) is 3.19. The van der Waals surface area contributed by atoms with E-state index in [9.17, 15) is 8.42 Å². The molecule has 0 bridgehead atoms. The summed E-state index contributed by atoms with van der Waals surface area (Å²) in [5.41, 5.74) is 0. The van der Waals surface area contributed by atoms with Crippen LogP contribution in [0.3, 0.4) is 0 Å². The first kappa shape index (κ1) is 21.2. The van der Waals surface area contributed by atoms with Crippen LogP contribution in [0, 0.1) is 0 Å². The van der Waals surface area contributed by atoms with Gasteiger partial charge < -0.3 is 0 Å². The molecular weight excluding hydrogens is 263 g/mol. The molecule has 1 N–H and O–H groups in total. The van der Waals surface area contributed by atoms with Crippen molar-refractivity contribution in [2.45, 2.75) is 71.1 Å². The van der Waals surface area contributed by atoms with Gasteiger partial charge in [0.05, 0.1) is 6.61 Å². The Morgan fingerprint density at radius 3 is 1.61 bits per heavy atom. The summed E-state index contributed by atoms with van der Waals surface area (Å²) in [4.78, 5) is 0. The van der Waals surface area contributed by atoms with Crippen molar-refractivity contribution < 1.29 is 46.7 Å².